The first-order chi connectivity index (χ1) is 7.72. The van der Waals surface area contributed by atoms with E-state index in [9.17, 15) is 0 Å². The van der Waals surface area contributed by atoms with Crippen molar-refractivity contribution >= 4 is 12.2 Å². The van der Waals surface area contributed by atoms with Gasteiger partial charge in [0, 0.05) is 0 Å². The summed E-state index contributed by atoms with van der Waals surface area (Å²) in [7, 11) is 0. The van der Waals surface area contributed by atoms with Crippen LogP contribution in [-0.2, 0) is 0 Å². The highest BCUT2D eigenvalue weighted by molar-refractivity contribution is 5.81. The molecule has 1 aromatic rings. The van der Waals surface area contributed by atoms with Crippen LogP contribution < -0.4 is 16.2 Å². The Morgan fingerprint density at radius 2 is 2.06 bits per heavy atom. The summed E-state index contributed by atoms with van der Waals surface area (Å²) in [5.41, 5.74) is 11.0. The van der Waals surface area contributed by atoms with E-state index in [4.69, 9.17) is 21.5 Å². The van der Waals surface area contributed by atoms with E-state index in [1.807, 2.05) is 6.07 Å². The van der Waals surface area contributed by atoms with Crippen LogP contribution in [0.3, 0.4) is 0 Å². The Kier molecular flexibility index (Phi) is 4.34. The number of benzene rings is 1. The number of guanidine groups is 1. The molecule has 0 aliphatic carbocycles. The second-order valence-corrected chi connectivity index (χ2v) is 2.79. The van der Waals surface area contributed by atoms with Crippen LogP contribution in [0.5, 0.6) is 5.75 Å². The molecule has 0 fully saturated rings. The fourth-order valence-corrected chi connectivity index (χ4v) is 0.928. The number of nitriles is 1. The second-order valence-electron chi connectivity index (χ2n) is 2.79. The molecule has 0 bridgehead atoms. The number of ether oxygens (including phenoxy) is 1. The Morgan fingerprint density at radius 3 is 2.62 bits per heavy atom. The van der Waals surface area contributed by atoms with Gasteiger partial charge in [-0.2, -0.15) is 10.4 Å². The highest BCUT2D eigenvalue weighted by Crippen LogP contribution is 2.10. The van der Waals surface area contributed by atoms with Crippen molar-refractivity contribution in [1.29, 1.82) is 5.26 Å². The molecule has 1 aromatic carbocycles. The predicted molar refractivity (Wildman–Crippen MR) is 61.0 cm³/mol. The Hall–Kier alpha value is -2.55. The van der Waals surface area contributed by atoms with Gasteiger partial charge in [0.15, 0.2) is 6.61 Å². The smallest absolute Gasteiger partial charge is 0.211 e. The van der Waals surface area contributed by atoms with Crippen molar-refractivity contribution in [2.75, 3.05) is 6.61 Å². The van der Waals surface area contributed by atoms with Crippen molar-refractivity contribution in [2.24, 2.45) is 21.7 Å². The highest BCUT2D eigenvalue weighted by atomic mass is 16.5. The fourth-order valence-electron chi connectivity index (χ4n) is 0.928. The predicted octanol–water partition coefficient (Wildman–Crippen LogP) is 0.196. The van der Waals surface area contributed by atoms with Gasteiger partial charge in [0.25, 0.3) is 0 Å². The minimum absolute atomic E-state index is 0.0292. The monoisotopic (exact) mass is 217 g/mol. The molecule has 82 valence electrons. The minimum Gasteiger partial charge on any atom is -0.479 e. The summed E-state index contributed by atoms with van der Waals surface area (Å²) in [6.45, 7) is 0.0292. The summed E-state index contributed by atoms with van der Waals surface area (Å²) < 4.78 is 5.08. The van der Waals surface area contributed by atoms with E-state index in [0.29, 0.717) is 5.75 Å². The molecule has 0 unspecified atom stereocenters. The van der Waals surface area contributed by atoms with Gasteiger partial charge in [0.2, 0.25) is 5.96 Å². The molecule has 0 heterocycles. The van der Waals surface area contributed by atoms with E-state index >= 15 is 0 Å². The topological polar surface area (TPSA) is 110 Å². The lowest BCUT2D eigenvalue weighted by Crippen LogP contribution is -2.21. The molecule has 0 saturated heterocycles. The lowest BCUT2D eigenvalue weighted by Gasteiger charge is -2.00. The summed E-state index contributed by atoms with van der Waals surface area (Å²) in [6.07, 6.45) is 1.51. The molecule has 4 N–H and O–H groups in total. The number of hydrogen-bond donors (Lipinski definition) is 2. The molecule has 16 heavy (non-hydrogen) atoms. The molecule has 6 heteroatoms. The van der Waals surface area contributed by atoms with Crippen LogP contribution in [0.1, 0.15) is 5.56 Å². The molecule has 0 radical (unpaired) electrons. The van der Waals surface area contributed by atoms with Crippen molar-refractivity contribution in [3.8, 4) is 11.8 Å². The van der Waals surface area contributed by atoms with Gasteiger partial charge >= 0.3 is 0 Å². The molecule has 0 amide bonds. The maximum absolute atomic E-state index is 8.32. The average Bonchev–Trinajstić information content (AvgIpc) is 2.27. The number of nitrogens with two attached hydrogens (primary N) is 2. The van der Waals surface area contributed by atoms with E-state index in [1.54, 1.807) is 24.3 Å². The zero-order valence-electron chi connectivity index (χ0n) is 8.50. The van der Waals surface area contributed by atoms with Crippen LogP contribution in [-0.4, -0.2) is 18.8 Å². The lowest BCUT2D eigenvalue weighted by atomic mass is 10.2. The third kappa shape index (κ3) is 4.11. The fraction of sp³-hybridized carbons (Fsp3) is 0.100. The molecule has 6 nitrogen and oxygen atoms in total. The van der Waals surface area contributed by atoms with Crippen LogP contribution in [0.15, 0.2) is 34.5 Å². The molecule has 0 spiro atoms. The Morgan fingerprint density at radius 1 is 1.38 bits per heavy atom. The Labute approximate surface area is 92.8 Å². The standard InChI is InChI=1S/C10H11N5O/c11-5-6-16-9-3-1-8(2-4-9)7-14-15-10(12)13/h1-4,7H,6H2,(H4,12,13,15). The lowest BCUT2D eigenvalue weighted by molar-refractivity contribution is 0.368. The van der Waals surface area contributed by atoms with E-state index in [1.165, 1.54) is 6.21 Å². The number of hydrogen-bond acceptors (Lipinski definition) is 4. The average molecular weight is 217 g/mol. The molecular weight excluding hydrogens is 206 g/mol. The molecule has 0 saturated carbocycles. The zero-order valence-corrected chi connectivity index (χ0v) is 8.50. The third-order valence-electron chi connectivity index (χ3n) is 1.56. The first-order valence-corrected chi connectivity index (χ1v) is 4.44. The largest absolute Gasteiger partial charge is 0.479 e. The van der Waals surface area contributed by atoms with Crippen molar-refractivity contribution < 1.29 is 4.74 Å². The van der Waals surface area contributed by atoms with Gasteiger partial charge in [0.1, 0.15) is 11.8 Å². The first kappa shape index (κ1) is 11.5. The molecule has 0 aromatic heterocycles. The van der Waals surface area contributed by atoms with E-state index in [-0.39, 0.29) is 12.6 Å². The molecule has 0 aliphatic rings. The van der Waals surface area contributed by atoms with Crippen LogP contribution in [0.4, 0.5) is 0 Å². The minimum atomic E-state index is -0.0924. The van der Waals surface area contributed by atoms with Gasteiger partial charge in [-0.3, -0.25) is 0 Å². The third-order valence-corrected chi connectivity index (χ3v) is 1.56. The van der Waals surface area contributed by atoms with Gasteiger partial charge in [-0.1, -0.05) is 0 Å². The van der Waals surface area contributed by atoms with Crippen molar-refractivity contribution in [1.82, 2.24) is 0 Å². The summed E-state index contributed by atoms with van der Waals surface area (Å²) in [4.78, 5) is 0. The van der Waals surface area contributed by atoms with Crippen molar-refractivity contribution in [2.45, 2.75) is 0 Å². The number of nitrogens with zero attached hydrogens (tertiary/aromatic N) is 3. The summed E-state index contributed by atoms with van der Waals surface area (Å²) in [5, 5.41) is 15.4. The van der Waals surface area contributed by atoms with Crippen LogP contribution in [0.25, 0.3) is 0 Å². The summed E-state index contributed by atoms with van der Waals surface area (Å²) >= 11 is 0. The van der Waals surface area contributed by atoms with Crippen LogP contribution >= 0.6 is 0 Å². The summed E-state index contributed by atoms with van der Waals surface area (Å²) in [6, 6.07) is 8.90. The van der Waals surface area contributed by atoms with Gasteiger partial charge < -0.3 is 16.2 Å². The van der Waals surface area contributed by atoms with Crippen LogP contribution in [0.2, 0.25) is 0 Å². The zero-order chi connectivity index (χ0) is 11.8. The summed E-state index contributed by atoms with van der Waals surface area (Å²) in [5.74, 6) is 0.533. The van der Waals surface area contributed by atoms with Crippen molar-refractivity contribution in [3.05, 3.63) is 29.8 Å². The first-order valence-electron chi connectivity index (χ1n) is 4.44. The number of rotatable bonds is 4. The highest BCUT2D eigenvalue weighted by Gasteiger charge is 1.92. The molecule has 0 aliphatic heterocycles. The van der Waals surface area contributed by atoms with Gasteiger partial charge in [0.05, 0.1) is 6.21 Å². The quantitative estimate of drug-likeness (QED) is 0.426. The van der Waals surface area contributed by atoms with Gasteiger partial charge in [-0.25, -0.2) is 0 Å². The maximum Gasteiger partial charge on any atom is 0.211 e. The van der Waals surface area contributed by atoms with Gasteiger partial charge in [-0.15, -0.1) is 5.10 Å². The molecular formula is C10H11N5O. The second kappa shape index (κ2) is 6.03. The normalized spacial score (nSPS) is 9.69. The van der Waals surface area contributed by atoms with Crippen LogP contribution in [0, 0.1) is 11.3 Å². The SMILES string of the molecule is N#CCOc1ccc(C=NN=C(N)N)cc1. The van der Waals surface area contributed by atoms with E-state index in [2.05, 4.69) is 10.2 Å². The Bertz CT molecular complexity index is 426. The van der Waals surface area contributed by atoms with Crippen molar-refractivity contribution in [3.63, 3.8) is 0 Å². The van der Waals surface area contributed by atoms with E-state index < -0.39 is 0 Å². The Balaban J connectivity index is 2.61. The molecule has 0 atom stereocenters. The van der Waals surface area contributed by atoms with E-state index in [0.717, 1.165) is 5.56 Å². The van der Waals surface area contributed by atoms with Gasteiger partial charge in [-0.05, 0) is 29.8 Å². The maximum atomic E-state index is 8.32. The molecule has 1 rings (SSSR count).